The maximum atomic E-state index is 12.0. The van der Waals surface area contributed by atoms with Crippen molar-refractivity contribution in [3.63, 3.8) is 0 Å². The van der Waals surface area contributed by atoms with Gasteiger partial charge in [0.2, 0.25) is 0 Å². The van der Waals surface area contributed by atoms with Crippen molar-refractivity contribution in [2.45, 2.75) is 83.5 Å². The van der Waals surface area contributed by atoms with Crippen LogP contribution in [0.2, 0.25) is 0 Å². The first-order valence-electron chi connectivity index (χ1n) is 9.27. The second-order valence-electron chi connectivity index (χ2n) is 7.85. The number of hydrogen-bond acceptors (Lipinski definition) is 4. The van der Waals surface area contributed by atoms with Gasteiger partial charge in [0.1, 0.15) is 5.60 Å². The summed E-state index contributed by atoms with van der Waals surface area (Å²) in [7, 11) is 0. The van der Waals surface area contributed by atoms with Crippen molar-refractivity contribution >= 4 is 6.09 Å². The van der Waals surface area contributed by atoms with E-state index < -0.39 is 5.60 Å². The Kier molecular flexibility index (Phi) is 7.15. The van der Waals surface area contributed by atoms with Gasteiger partial charge in [-0.05, 0) is 53.0 Å². The van der Waals surface area contributed by atoms with Crippen LogP contribution in [0.3, 0.4) is 0 Å². The quantitative estimate of drug-likeness (QED) is 0.761. The van der Waals surface area contributed by atoms with E-state index in [1.165, 1.54) is 32.1 Å². The third-order valence-corrected chi connectivity index (χ3v) is 4.50. The van der Waals surface area contributed by atoms with Gasteiger partial charge in [0.05, 0.1) is 6.10 Å². The minimum atomic E-state index is -0.418. The van der Waals surface area contributed by atoms with Gasteiger partial charge in [0.15, 0.2) is 0 Å². The molecule has 2 aliphatic rings. The zero-order valence-corrected chi connectivity index (χ0v) is 15.1. The molecule has 1 heterocycles. The Hall–Kier alpha value is -0.810. The zero-order chi connectivity index (χ0) is 16.7. The third kappa shape index (κ3) is 7.08. The number of likely N-dealkylation sites (tertiary alicyclic amines) is 1. The molecule has 1 saturated carbocycles. The number of rotatable bonds is 6. The van der Waals surface area contributed by atoms with E-state index in [2.05, 4.69) is 5.32 Å². The van der Waals surface area contributed by atoms with Crippen LogP contribution >= 0.6 is 0 Å². The summed E-state index contributed by atoms with van der Waals surface area (Å²) >= 11 is 0. The second kappa shape index (κ2) is 8.88. The molecule has 1 amide bonds. The van der Waals surface area contributed by atoms with Gasteiger partial charge >= 0.3 is 6.09 Å². The molecule has 1 aliphatic heterocycles. The molecule has 1 N–H and O–H groups in total. The summed E-state index contributed by atoms with van der Waals surface area (Å²) < 4.78 is 11.4. The number of amides is 1. The van der Waals surface area contributed by atoms with Crippen molar-refractivity contribution in [3.05, 3.63) is 0 Å². The summed E-state index contributed by atoms with van der Waals surface area (Å²) in [6.07, 6.45) is 8.85. The van der Waals surface area contributed by atoms with E-state index in [0.717, 1.165) is 39.1 Å². The van der Waals surface area contributed by atoms with Crippen LogP contribution < -0.4 is 5.32 Å². The van der Waals surface area contributed by atoms with Crippen molar-refractivity contribution in [3.8, 4) is 0 Å². The first-order chi connectivity index (χ1) is 10.9. The Labute approximate surface area is 141 Å². The molecule has 1 aliphatic carbocycles. The molecule has 2 rings (SSSR count). The number of carbonyl (C=O) groups excluding carboxylic acids is 1. The van der Waals surface area contributed by atoms with Crippen LogP contribution in [0, 0.1) is 0 Å². The van der Waals surface area contributed by atoms with E-state index in [1.54, 1.807) is 4.90 Å². The van der Waals surface area contributed by atoms with E-state index in [-0.39, 0.29) is 6.09 Å². The molecule has 2 fully saturated rings. The molecule has 0 unspecified atom stereocenters. The molecular formula is C18H34N2O3. The first-order valence-corrected chi connectivity index (χ1v) is 9.27. The first kappa shape index (κ1) is 18.5. The van der Waals surface area contributed by atoms with E-state index >= 15 is 0 Å². The number of nitrogens with one attached hydrogen (secondary N) is 1. The standard InChI is InChI=1S/C18H34N2O3/c1-18(2,3)23-17(21)20-12-10-15(14-20)19-11-7-13-22-16-8-5-4-6-9-16/h15-16,19H,4-14H2,1-3H3/t15-/m0/s1. The van der Waals surface area contributed by atoms with Crippen molar-refractivity contribution < 1.29 is 14.3 Å². The average molecular weight is 326 g/mol. The highest BCUT2D eigenvalue weighted by molar-refractivity contribution is 5.68. The lowest BCUT2D eigenvalue weighted by Crippen LogP contribution is -2.38. The number of nitrogens with zero attached hydrogens (tertiary/aromatic N) is 1. The summed E-state index contributed by atoms with van der Waals surface area (Å²) in [6, 6.07) is 0.386. The summed E-state index contributed by atoms with van der Waals surface area (Å²) in [4.78, 5) is 13.8. The molecule has 0 spiro atoms. The van der Waals surface area contributed by atoms with Gasteiger partial charge in [-0.15, -0.1) is 0 Å². The lowest BCUT2D eigenvalue weighted by atomic mass is 9.98. The van der Waals surface area contributed by atoms with Gasteiger partial charge in [-0.3, -0.25) is 0 Å². The highest BCUT2D eigenvalue weighted by Crippen LogP contribution is 2.20. The molecule has 0 aromatic heterocycles. The van der Waals surface area contributed by atoms with E-state index in [9.17, 15) is 4.79 Å². The van der Waals surface area contributed by atoms with Crippen LogP contribution in [-0.2, 0) is 9.47 Å². The fourth-order valence-corrected chi connectivity index (χ4v) is 3.28. The smallest absolute Gasteiger partial charge is 0.410 e. The van der Waals surface area contributed by atoms with Gasteiger partial charge < -0.3 is 19.7 Å². The topological polar surface area (TPSA) is 50.8 Å². The maximum absolute atomic E-state index is 12.0. The molecule has 23 heavy (non-hydrogen) atoms. The van der Waals surface area contributed by atoms with Gasteiger partial charge in [0, 0.05) is 25.7 Å². The van der Waals surface area contributed by atoms with Gasteiger partial charge in [-0.25, -0.2) is 4.79 Å². The normalized spacial score (nSPS) is 23.3. The van der Waals surface area contributed by atoms with Gasteiger partial charge in [0.25, 0.3) is 0 Å². The Balaban J connectivity index is 1.52. The Morgan fingerprint density at radius 3 is 2.61 bits per heavy atom. The monoisotopic (exact) mass is 326 g/mol. The SMILES string of the molecule is CC(C)(C)OC(=O)N1CC[C@H](NCCCOC2CCCCC2)C1. The van der Waals surface area contributed by atoms with Crippen LogP contribution in [0.4, 0.5) is 4.79 Å². The fraction of sp³-hybridized carbons (Fsp3) is 0.944. The summed E-state index contributed by atoms with van der Waals surface area (Å²) in [5, 5.41) is 3.54. The minimum Gasteiger partial charge on any atom is -0.444 e. The Morgan fingerprint density at radius 1 is 1.17 bits per heavy atom. The molecule has 1 saturated heterocycles. The molecule has 0 aromatic rings. The molecule has 0 bridgehead atoms. The highest BCUT2D eigenvalue weighted by Gasteiger charge is 2.29. The largest absolute Gasteiger partial charge is 0.444 e. The van der Waals surface area contributed by atoms with E-state index in [0.29, 0.717) is 12.1 Å². The van der Waals surface area contributed by atoms with Crippen molar-refractivity contribution in [2.24, 2.45) is 0 Å². The third-order valence-electron chi connectivity index (χ3n) is 4.50. The van der Waals surface area contributed by atoms with Crippen molar-refractivity contribution in [1.29, 1.82) is 0 Å². The van der Waals surface area contributed by atoms with Gasteiger partial charge in [-0.1, -0.05) is 19.3 Å². The van der Waals surface area contributed by atoms with Crippen molar-refractivity contribution in [1.82, 2.24) is 10.2 Å². The fourth-order valence-electron chi connectivity index (χ4n) is 3.28. The average Bonchev–Trinajstić information content (AvgIpc) is 2.95. The lowest BCUT2D eigenvalue weighted by molar-refractivity contribution is 0.0262. The van der Waals surface area contributed by atoms with Crippen LogP contribution in [0.1, 0.15) is 65.7 Å². The summed E-state index contributed by atoms with van der Waals surface area (Å²) in [5.74, 6) is 0. The molecule has 5 heteroatoms. The van der Waals surface area contributed by atoms with Crippen LogP contribution in [0.15, 0.2) is 0 Å². The molecule has 5 nitrogen and oxygen atoms in total. The molecule has 0 aromatic carbocycles. The second-order valence-corrected chi connectivity index (χ2v) is 7.85. The Bertz CT molecular complexity index is 362. The van der Waals surface area contributed by atoms with Crippen molar-refractivity contribution in [2.75, 3.05) is 26.2 Å². The van der Waals surface area contributed by atoms with Crippen LogP contribution in [0.5, 0.6) is 0 Å². The van der Waals surface area contributed by atoms with Crippen LogP contribution in [0.25, 0.3) is 0 Å². The molecule has 1 atom stereocenters. The minimum absolute atomic E-state index is 0.192. The maximum Gasteiger partial charge on any atom is 0.410 e. The molecule has 134 valence electrons. The number of hydrogen-bond donors (Lipinski definition) is 1. The summed E-state index contributed by atoms with van der Waals surface area (Å²) in [5.41, 5.74) is -0.418. The van der Waals surface area contributed by atoms with E-state index in [4.69, 9.17) is 9.47 Å². The number of ether oxygens (including phenoxy) is 2. The zero-order valence-electron chi connectivity index (χ0n) is 15.1. The Morgan fingerprint density at radius 2 is 1.91 bits per heavy atom. The highest BCUT2D eigenvalue weighted by atomic mass is 16.6. The molecular weight excluding hydrogens is 292 g/mol. The predicted octanol–water partition coefficient (Wildman–Crippen LogP) is 3.32. The van der Waals surface area contributed by atoms with E-state index in [1.807, 2.05) is 20.8 Å². The predicted molar refractivity (Wildman–Crippen MR) is 91.7 cm³/mol. The van der Waals surface area contributed by atoms with Crippen LogP contribution in [-0.4, -0.2) is 55.0 Å². The lowest BCUT2D eigenvalue weighted by Gasteiger charge is -2.24. The molecule has 0 radical (unpaired) electrons. The summed E-state index contributed by atoms with van der Waals surface area (Å²) in [6.45, 7) is 9.05. The van der Waals surface area contributed by atoms with Gasteiger partial charge in [-0.2, -0.15) is 0 Å². The number of carbonyl (C=O) groups is 1.